The molecule has 1 aromatic carbocycles. The van der Waals surface area contributed by atoms with E-state index < -0.39 is 23.8 Å². The van der Waals surface area contributed by atoms with Crippen molar-refractivity contribution in [2.75, 3.05) is 26.2 Å². The number of nitrogens with zero attached hydrogens (tertiary/aromatic N) is 2. The fraction of sp³-hybridized carbons (Fsp3) is 0.333. The van der Waals surface area contributed by atoms with E-state index in [1.165, 1.54) is 21.1 Å². The summed E-state index contributed by atoms with van der Waals surface area (Å²) >= 11 is 1.42. The predicted octanol–water partition coefficient (Wildman–Crippen LogP) is 1.69. The van der Waals surface area contributed by atoms with Gasteiger partial charge in [0.1, 0.15) is 11.6 Å². The fourth-order valence-corrected chi connectivity index (χ4v) is 4.12. The first-order chi connectivity index (χ1) is 14.9. The van der Waals surface area contributed by atoms with E-state index in [0.717, 1.165) is 5.56 Å². The van der Waals surface area contributed by atoms with Crippen LogP contribution in [0.5, 0.6) is 5.75 Å². The van der Waals surface area contributed by atoms with E-state index in [-0.39, 0.29) is 18.8 Å². The van der Waals surface area contributed by atoms with Gasteiger partial charge in [-0.15, -0.1) is 0 Å². The topological polar surface area (TPSA) is 137 Å². The molecule has 1 aromatic heterocycles. The number of benzene rings is 1. The number of amides is 2. The number of nitrogens with two attached hydrogens (primary N) is 1. The van der Waals surface area contributed by atoms with Gasteiger partial charge in [0.15, 0.2) is 0 Å². The highest BCUT2D eigenvalue weighted by Crippen LogP contribution is 2.28. The molecule has 1 fully saturated rings. The number of aliphatic carboxylic acids is 1. The van der Waals surface area contributed by atoms with E-state index in [9.17, 15) is 19.5 Å². The molecule has 2 aromatic rings. The Balaban J connectivity index is 1.51. The van der Waals surface area contributed by atoms with Crippen LogP contribution in [0.3, 0.4) is 0 Å². The number of carbonyl (C=O) groups is 3. The van der Waals surface area contributed by atoms with Crippen molar-refractivity contribution in [1.82, 2.24) is 9.80 Å². The van der Waals surface area contributed by atoms with Gasteiger partial charge in [-0.25, -0.2) is 0 Å². The lowest BCUT2D eigenvalue weighted by Crippen LogP contribution is -2.55. The van der Waals surface area contributed by atoms with Crippen molar-refractivity contribution in [2.45, 2.75) is 18.9 Å². The highest BCUT2D eigenvalue weighted by Gasteiger charge is 2.37. The molecule has 1 aliphatic heterocycles. The Bertz CT molecular complexity index is 945. The minimum absolute atomic E-state index is 0.0153. The summed E-state index contributed by atoms with van der Waals surface area (Å²) in [6.45, 7) is 1.35. The van der Waals surface area contributed by atoms with Gasteiger partial charge in [0.2, 0.25) is 0 Å². The maximum atomic E-state index is 12.7. The van der Waals surface area contributed by atoms with Crippen LogP contribution in [0.25, 0.3) is 0 Å². The molecule has 10 heteroatoms. The van der Waals surface area contributed by atoms with Crippen molar-refractivity contribution in [3.63, 3.8) is 0 Å². The molecule has 1 saturated heterocycles. The highest BCUT2D eigenvalue weighted by molar-refractivity contribution is 7.08. The molecule has 1 atom stereocenters. The third kappa shape index (κ3) is 5.60. The quantitative estimate of drug-likeness (QED) is 0.221. The maximum Gasteiger partial charge on any atom is 0.312 e. The first kappa shape index (κ1) is 22.3. The summed E-state index contributed by atoms with van der Waals surface area (Å²) in [7, 11) is 0. The summed E-state index contributed by atoms with van der Waals surface area (Å²) in [5, 5.41) is 20.2. The van der Waals surface area contributed by atoms with E-state index >= 15 is 0 Å². The Hall–Kier alpha value is -3.40. The minimum atomic E-state index is -1.02. The first-order valence-electron chi connectivity index (χ1n) is 9.78. The molecule has 0 saturated carbocycles. The van der Waals surface area contributed by atoms with Crippen LogP contribution in [0.15, 0.2) is 41.1 Å². The molecular formula is C21H24N4O5S. The Morgan fingerprint density at radius 3 is 2.55 bits per heavy atom. The SMILES string of the molecule is N=C(N)c1ccc(OCCCN2CCN(C(CC(=O)O)c3ccsc3)C(=O)C2=O)cc1. The van der Waals surface area contributed by atoms with Gasteiger partial charge in [0.05, 0.1) is 19.1 Å². The fourth-order valence-electron chi connectivity index (χ4n) is 3.41. The molecule has 164 valence electrons. The summed E-state index contributed by atoms with van der Waals surface area (Å²) in [5.74, 6) is -1.71. The average Bonchev–Trinajstić information content (AvgIpc) is 3.27. The molecule has 31 heavy (non-hydrogen) atoms. The first-order valence-corrected chi connectivity index (χ1v) is 10.7. The number of nitrogen functional groups attached to an aromatic ring is 1. The summed E-state index contributed by atoms with van der Waals surface area (Å²) in [4.78, 5) is 39.4. The molecule has 9 nitrogen and oxygen atoms in total. The summed E-state index contributed by atoms with van der Waals surface area (Å²) in [6, 6.07) is 7.96. The van der Waals surface area contributed by atoms with Crippen LogP contribution in [0.1, 0.15) is 30.0 Å². The minimum Gasteiger partial charge on any atom is -0.494 e. The normalized spacial score (nSPS) is 15.1. The van der Waals surface area contributed by atoms with Crippen molar-refractivity contribution in [1.29, 1.82) is 5.41 Å². The Morgan fingerprint density at radius 1 is 1.19 bits per heavy atom. The number of carboxylic acid groups (broad SMARTS) is 1. The molecule has 1 aliphatic rings. The zero-order valence-corrected chi connectivity index (χ0v) is 17.6. The molecule has 1 unspecified atom stereocenters. The van der Waals surface area contributed by atoms with Crippen molar-refractivity contribution >= 4 is 35.0 Å². The van der Waals surface area contributed by atoms with E-state index in [0.29, 0.717) is 37.4 Å². The maximum absolute atomic E-state index is 12.7. The van der Waals surface area contributed by atoms with Crippen molar-refractivity contribution in [3.8, 4) is 5.75 Å². The number of hydrogen-bond acceptors (Lipinski definition) is 6. The van der Waals surface area contributed by atoms with E-state index in [4.69, 9.17) is 15.9 Å². The van der Waals surface area contributed by atoms with Crippen LogP contribution in [0.2, 0.25) is 0 Å². The number of hydrogen-bond donors (Lipinski definition) is 3. The molecular weight excluding hydrogens is 420 g/mol. The average molecular weight is 445 g/mol. The third-order valence-electron chi connectivity index (χ3n) is 5.02. The number of thiophene rings is 1. The molecule has 2 heterocycles. The van der Waals surface area contributed by atoms with Gasteiger partial charge in [-0.2, -0.15) is 11.3 Å². The molecule has 0 bridgehead atoms. The second-order valence-corrected chi connectivity index (χ2v) is 7.88. The second kappa shape index (κ2) is 10.1. The van der Waals surface area contributed by atoms with Crippen LogP contribution in [-0.4, -0.2) is 64.8 Å². The van der Waals surface area contributed by atoms with Crippen molar-refractivity contribution in [2.24, 2.45) is 5.73 Å². The molecule has 0 aliphatic carbocycles. The van der Waals surface area contributed by atoms with Gasteiger partial charge in [-0.05, 0) is 53.1 Å². The number of nitrogens with one attached hydrogen (secondary N) is 1. The number of amidine groups is 1. The van der Waals surface area contributed by atoms with E-state index in [1.807, 2.05) is 5.38 Å². The van der Waals surface area contributed by atoms with Gasteiger partial charge in [-0.3, -0.25) is 19.8 Å². The summed E-state index contributed by atoms with van der Waals surface area (Å²) < 4.78 is 5.64. The lowest BCUT2D eigenvalue weighted by Gasteiger charge is -2.38. The van der Waals surface area contributed by atoms with Gasteiger partial charge < -0.3 is 25.4 Å². The highest BCUT2D eigenvalue weighted by atomic mass is 32.1. The third-order valence-corrected chi connectivity index (χ3v) is 5.72. The Labute approximate surface area is 183 Å². The van der Waals surface area contributed by atoms with E-state index in [1.54, 1.807) is 35.7 Å². The Kier molecular flexibility index (Phi) is 7.24. The molecule has 2 amide bonds. The number of carboxylic acids is 1. The zero-order valence-electron chi connectivity index (χ0n) is 16.8. The smallest absolute Gasteiger partial charge is 0.312 e. The summed E-state index contributed by atoms with van der Waals surface area (Å²) in [5.41, 5.74) is 6.75. The van der Waals surface area contributed by atoms with Crippen LogP contribution >= 0.6 is 11.3 Å². The number of piperazine rings is 1. The standard InChI is InChI=1S/C21H24N4O5S/c22-19(23)14-2-4-16(5-3-14)30-10-1-7-24-8-9-25(21(29)20(24)28)17(12-18(26)27)15-6-11-31-13-15/h2-6,11,13,17H,1,7-10,12H2,(H3,22,23)(H,26,27). The number of rotatable bonds is 10. The monoisotopic (exact) mass is 444 g/mol. The number of ether oxygens (including phenoxy) is 1. The summed E-state index contributed by atoms with van der Waals surface area (Å²) in [6.07, 6.45) is 0.294. The van der Waals surface area contributed by atoms with E-state index in [2.05, 4.69) is 0 Å². The van der Waals surface area contributed by atoms with Gasteiger partial charge in [0, 0.05) is 25.2 Å². The van der Waals surface area contributed by atoms with Crippen molar-refractivity contribution in [3.05, 3.63) is 52.2 Å². The number of carbonyl (C=O) groups excluding carboxylic acids is 2. The van der Waals surface area contributed by atoms with Crippen LogP contribution in [0, 0.1) is 5.41 Å². The second-order valence-electron chi connectivity index (χ2n) is 7.10. The van der Waals surface area contributed by atoms with Gasteiger partial charge >= 0.3 is 17.8 Å². The molecule has 0 spiro atoms. The zero-order chi connectivity index (χ0) is 22.4. The lowest BCUT2D eigenvalue weighted by atomic mass is 10.0. The molecule has 3 rings (SSSR count). The van der Waals surface area contributed by atoms with Crippen LogP contribution in [0.4, 0.5) is 0 Å². The predicted molar refractivity (Wildman–Crippen MR) is 115 cm³/mol. The van der Waals surface area contributed by atoms with Gasteiger partial charge in [0.25, 0.3) is 0 Å². The molecule has 4 N–H and O–H groups in total. The molecule has 0 radical (unpaired) electrons. The Morgan fingerprint density at radius 2 is 1.94 bits per heavy atom. The van der Waals surface area contributed by atoms with Gasteiger partial charge in [-0.1, -0.05) is 0 Å². The van der Waals surface area contributed by atoms with Crippen LogP contribution < -0.4 is 10.5 Å². The van der Waals surface area contributed by atoms with Crippen LogP contribution in [-0.2, 0) is 14.4 Å². The largest absolute Gasteiger partial charge is 0.494 e. The van der Waals surface area contributed by atoms with Crippen molar-refractivity contribution < 1.29 is 24.2 Å². The lowest BCUT2D eigenvalue weighted by molar-refractivity contribution is -0.159.